The molecule has 9 heteroatoms. The molecule has 0 aromatic carbocycles. The molecule has 1 atom stereocenters. The quantitative estimate of drug-likeness (QED) is 0.461. The highest BCUT2D eigenvalue weighted by Gasteiger charge is 2.46. The summed E-state index contributed by atoms with van der Waals surface area (Å²) in [7, 11) is 0. The molecule has 0 unspecified atom stereocenters. The highest BCUT2D eigenvalue weighted by molar-refractivity contribution is 7.17. The number of aromatic nitrogens is 3. The summed E-state index contributed by atoms with van der Waals surface area (Å²) < 4.78 is 14.4. The monoisotopic (exact) mass is 507 g/mol. The Balaban J connectivity index is 1.13. The number of halogens is 1. The number of nitrogens with one attached hydrogen (secondary N) is 1. The highest BCUT2D eigenvalue weighted by Crippen LogP contribution is 2.51. The van der Waals surface area contributed by atoms with Crippen LogP contribution in [0.2, 0.25) is 0 Å². The molecule has 3 aromatic rings. The number of ketones is 1. The molecule has 1 N–H and O–H groups in total. The van der Waals surface area contributed by atoms with Gasteiger partial charge in [0.1, 0.15) is 11.6 Å². The fraction of sp³-hybridized carbons (Fsp3) is 0.519. The Morgan fingerprint density at radius 3 is 2.67 bits per heavy atom. The Morgan fingerprint density at radius 2 is 1.94 bits per heavy atom. The van der Waals surface area contributed by atoms with Gasteiger partial charge in [0, 0.05) is 37.0 Å². The van der Waals surface area contributed by atoms with Crippen LogP contribution in [-0.2, 0) is 4.79 Å². The number of carbonyl (C=O) groups excluding carboxylic acids is 2. The highest BCUT2D eigenvalue weighted by atomic mass is 32.1. The number of fused-ring (bicyclic) bond motifs is 4. The molecule has 2 bridgehead atoms. The summed E-state index contributed by atoms with van der Waals surface area (Å²) in [6.07, 6.45) is 10.1. The number of carbonyl (C=O) groups is 2. The second-order valence-corrected chi connectivity index (χ2v) is 11.7. The van der Waals surface area contributed by atoms with Gasteiger partial charge in [-0.15, -0.1) is 11.3 Å². The van der Waals surface area contributed by atoms with E-state index in [0.717, 1.165) is 36.1 Å². The van der Waals surface area contributed by atoms with E-state index in [-0.39, 0.29) is 23.3 Å². The van der Waals surface area contributed by atoms with Gasteiger partial charge in [0.2, 0.25) is 5.95 Å². The van der Waals surface area contributed by atoms with Gasteiger partial charge in [0.15, 0.2) is 5.69 Å². The lowest BCUT2D eigenvalue weighted by atomic mass is 9.58. The van der Waals surface area contributed by atoms with Crippen molar-refractivity contribution in [3.63, 3.8) is 0 Å². The average molecular weight is 508 g/mol. The van der Waals surface area contributed by atoms with Crippen LogP contribution in [0, 0.1) is 23.1 Å². The third-order valence-corrected chi connectivity index (χ3v) is 9.39. The standard InChI is InChI=1S/C27H30FN5O2S/c1-16(19-11-20(28)13-29-12-19)30-26-31-21-5-9-36-24(21)23(32-26)25(35)33-14-18(15-33)10-22(34)27-6-2-17(3-7-27)4-8-27/h5,9,11-13,16-18H,2-4,6-8,10,14-15H2,1H3,(H,30,31,32)/t16-,17?,27?/m0/s1. The van der Waals surface area contributed by atoms with Crippen molar-refractivity contribution in [1.29, 1.82) is 0 Å². The van der Waals surface area contributed by atoms with Crippen molar-refractivity contribution < 1.29 is 14.0 Å². The molecule has 7 nitrogen and oxygen atoms in total. The molecule has 3 aliphatic carbocycles. The van der Waals surface area contributed by atoms with Gasteiger partial charge in [-0.1, -0.05) is 0 Å². The van der Waals surface area contributed by atoms with Gasteiger partial charge in [0.05, 0.1) is 22.5 Å². The van der Waals surface area contributed by atoms with E-state index < -0.39 is 5.82 Å². The first-order valence-corrected chi connectivity index (χ1v) is 13.7. The Bertz CT molecular complexity index is 1300. The van der Waals surface area contributed by atoms with Crippen LogP contribution in [0.25, 0.3) is 10.2 Å². The van der Waals surface area contributed by atoms with E-state index in [4.69, 9.17) is 0 Å². The molecule has 4 fully saturated rings. The minimum absolute atomic E-state index is 0.0799. The molecule has 36 heavy (non-hydrogen) atoms. The van der Waals surface area contributed by atoms with Crippen molar-refractivity contribution in [2.75, 3.05) is 18.4 Å². The van der Waals surface area contributed by atoms with Crippen LogP contribution in [-0.4, -0.2) is 44.6 Å². The van der Waals surface area contributed by atoms with E-state index >= 15 is 0 Å². The minimum Gasteiger partial charge on any atom is -0.348 e. The Hall–Kier alpha value is -2.94. The summed E-state index contributed by atoms with van der Waals surface area (Å²) >= 11 is 1.44. The van der Waals surface area contributed by atoms with Crippen molar-refractivity contribution >= 4 is 39.2 Å². The van der Waals surface area contributed by atoms with Crippen LogP contribution in [0.3, 0.4) is 0 Å². The Morgan fingerprint density at radius 1 is 1.19 bits per heavy atom. The predicted molar refractivity (Wildman–Crippen MR) is 136 cm³/mol. The number of amides is 1. The lowest BCUT2D eigenvalue weighted by Crippen LogP contribution is -2.52. The number of nitrogens with zero attached hydrogens (tertiary/aromatic N) is 4. The molecule has 0 spiro atoms. The maximum Gasteiger partial charge on any atom is 0.274 e. The first-order chi connectivity index (χ1) is 17.4. The fourth-order valence-corrected chi connectivity index (χ4v) is 6.99. The number of pyridine rings is 1. The summed E-state index contributed by atoms with van der Waals surface area (Å²) in [5.74, 6) is 1.27. The molecule has 3 saturated carbocycles. The van der Waals surface area contributed by atoms with Gasteiger partial charge in [-0.3, -0.25) is 14.6 Å². The normalized spacial score (nSPS) is 24.5. The van der Waals surface area contributed by atoms with Crippen LogP contribution in [0.1, 0.15) is 74.0 Å². The van der Waals surface area contributed by atoms with Crippen LogP contribution in [0.15, 0.2) is 29.9 Å². The summed E-state index contributed by atoms with van der Waals surface area (Å²) in [5.41, 5.74) is 1.66. The molecule has 188 valence electrons. The van der Waals surface area contributed by atoms with Crippen LogP contribution in [0.5, 0.6) is 0 Å². The summed E-state index contributed by atoms with van der Waals surface area (Å²) in [5, 5.41) is 5.08. The van der Waals surface area contributed by atoms with Crippen molar-refractivity contribution in [2.24, 2.45) is 17.3 Å². The van der Waals surface area contributed by atoms with Gasteiger partial charge in [-0.25, -0.2) is 14.4 Å². The predicted octanol–water partition coefficient (Wildman–Crippen LogP) is 5.40. The molecule has 0 radical (unpaired) electrons. The number of Topliss-reactive ketones (excluding diaryl/α,β-unsaturated/α-hetero) is 1. The molecule has 7 rings (SSSR count). The van der Waals surface area contributed by atoms with Crippen molar-refractivity contribution in [3.8, 4) is 0 Å². The summed E-state index contributed by atoms with van der Waals surface area (Å²) in [6, 6.07) is 2.99. The number of hydrogen-bond acceptors (Lipinski definition) is 7. The van der Waals surface area contributed by atoms with E-state index in [0.29, 0.717) is 48.0 Å². The second-order valence-electron chi connectivity index (χ2n) is 10.8. The molecular formula is C27H30FN5O2S. The molecule has 3 aromatic heterocycles. The van der Waals surface area contributed by atoms with Crippen LogP contribution < -0.4 is 5.32 Å². The van der Waals surface area contributed by atoms with Crippen molar-refractivity contribution in [3.05, 3.63) is 47.0 Å². The van der Waals surface area contributed by atoms with E-state index in [9.17, 15) is 14.0 Å². The second kappa shape index (κ2) is 9.18. The van der Waals surface area contributed by atoms with Crippen LogP contribution >= 0.6 is 11.3 Å². The molecule has 1 amide bonds. The smallest absolute Gasteiger partial charge is 0.274 e. The maximum absolute atomic E-state index is 13.6. The number of hydrogen-bond donors (Lipinski definition) is 1. The Labute approximate surface area is 213 Å². The zero-order valence-electron chi connectivity index (χ0n) is 20.4. The maximum atomic E-state index is 13.6. The van der Waals surface area contributed by atoms with Crippen molar-refractivity contribution in [1.82, 2.24) is 19.9 Å². The number of rotatable bonds is 7. The SMILES string of the molecule is C[C@H](Nc1nc(C(=O)N2CC(CC(=O)C34CCC(CC3)CC4)C2)c2sccc2n1)c1cncc(F)c1. The minimum atomic E-state index is -0.409. The number of likely N-dealkylation sites (tertiary alicyclic amines) is 1. The molecular weight excluding hydrogens is 477 g/mol. The van der Waals surface area contributed by atoms with Gasteiger partial charge in [-0.2, -0.15) is 0 Å². The average Bonchev–Trinajstić information content (AvgIpc) is 3.35. The van der Waals surface area contributed by atoms with E-state index in [1.54, 1.807) is 11.1 Å². The molecule has 4 aliphatic rings. The lowest BCUT2D eigenvalue weighted by molar-refractivity contribution is -0.136. The van der Waals surface area contributed by atoms with E-state index in [1.165, 1.54) is 36.7 Å². The van der Waals surface area contributed by atoms with Gasteiger partial charge < -0.3 is 10.2 Å². The third kappa shape index (κ3) is 4.27. The van der Waals surface area contributed by atoms with Gasteiger partial charge in [-0.05, 0) is 74.4 Å². The van der Waals surface area contributed by atoms with E-state index in [2.05, 4.69) is 20.3 Å². The third-order valence-electron chi connectivity index (χ3n) is 8.48. The van der Waals surface area contributed by atoms with Gasteiger partial charge >= 0.3 is 0 Å². The zero-order valence-corrected chi connectivity index (χ0v) is 21.2. The lowest BCUT2D eigenvalue weighted by Gasteiger charge is -2.47. The largest absolute Gasteiger partial charge is 0.348 e. The zero-order chi connectivity index (χ0) is 24.9. The molecule has 4 heterocycles. The number of thiophene rings is 1. The van der Waals surface area contributed by atoms with Gasteiger partial charge in [0.25, 0.3) is 5.91 Å². The van der Waals surface area contributed by atoms with Crippen molar-refractivity contribution in [2.45, 2.75) is 57.9 Å². The molecule has 1 aliphatic heterocycles. The number of anilines is 1. The first-order valence-electron chi connectivity index (χ1n) is 12.8. The Kier molecular flexibility index (Phi) is 5.98. The van der Waals surface area contributed by atoms with E-state index in [1.807, 2.05) is 18.4 Å². The molecule has 1 saturated heterocycles. The van der Waals surface area contributed by atoms with Crippen LogP contribution in [0.4, 0.5) is 10.3 Å². The summed E-state index contributed by atoms with van der Waals surface area (Å²) in [6.45, 7) is 3.05. The fourth-order valence-electron chi connectivity index (χ4n) is 6.18. The first kappa shape index (κ1) is 23.5. The topological polar surface area (TPSA) is 88.1 Å². The summed E-state index contributed by atoms with van der Waals surface area (Å²) in [4.78, 5) is 41.4.